The van der Waals surface area contributed by atoms with Crippen molar-refractivity contribution in [2.45, 2.75) is 0 Å². The van der Waals surface area contributed by atoms with Gasteiger partial charge in [0.1, 0.15) is 5.69 Å². The number of nitrogen functional groups attached to an aromatic ring is 3. The maximum Gasteiger partial charge on any atom is 0.270 e. The third kappa shape index (κ3) is 2.98. The molecule has 0 saturated carbocycles. The summed E-state index contributed by atoms with van der Waals surface area (Å²) in [4.78, 5) is 3.04. The van der Waals surface area contributed by atoms with E-state index in [0.29, 0.717) is 11.4 Å². The van der Waals surface area contributed by atoms with Crippen LogP contribution in [0.2, 0.25) is 0 Å². The summed E-state index contributed by atoms with van der Waals surface area (Å²) in [5, 5.41) is 0. The number of nitrogens with two attached hydrogens (primary N) is 6. The summed E-state index contributed by atoms with van der Waals surface area (Å²) in [5.41, 5.74) is 24.0. The van der Waals surface area contributed by atoms with Gasteiger partial charge in [-0.25, -0.2) is 4.86 Å². The molecule has 2 rings (SSSR count). The highest BCUT2D eigenvalue weighted by molar-refractivity contribution is 7.75. The number of rotatable bonds is 2. The maximum absolute atomic E-state index is 5.85. The standard InChI is InChI=1S/C6H16N9OP3/c7-3-1-2-4(6(9)5(3)8)16-19-13-17-14(10)18(12)15(19)11/h1-2,13,17H,7-12H2. The molecule has 13 heteroatoms. The first-order valence-corrected chi connectivity index (χ1v) is 8.46. The summed E-state index contributed by atoms with van der Waals surface area (Å²) >= 11 is 0. The quantitative estimate of drug-likeness (QED) is 0.216. The van der Waals surface area contributed by atoms with Crippen molar-refractivity contribution < 1.29 is 4.52 Å². The molecule has 0 spiro atoms. The van der Waals surface area contributed by atoms with Crippen molar-refractivity contribution in [1.82, 2.24) is 14.0 Å². The topological polar surface area (TPSA) is 184 Å². The first kappa shape index (κ1) is 14.9. The van der Waals surface area contributed by atoms with Gasteiger partial charge in [-0.3, -0.25) is 17.2 Å². The fraction of sp³-hybridized carbons (Fsp3) is 0. The van der Waals surface area contributed by atoms with E-state index in [9.17, 15) is 0 Å². The van der Waals surface area contributed by atoms with Gasteiger partial charge in [0.25, 0.3) is 8.45 Å². The molecule has 1 aliphatic rings. The van der Waals surface area contributed by atoms with Crippen LogP contribution in [0.4, 0.5) is 17.1 Å². The van der Waals surface area contributed by atoms with Crippen LogP contribution in [-0.4, -0.2) is 9.10 Å². The lowest BCUT2D eigenvalue weighted by molar-refractivity contribution is 0.534. The van der Waals surface area contributed by atoms with E-state index in [1.807, 2.05) is 0 Å². The van der Waals surface area contributed by atoms with E-state index >= 15 is 0 Å². The largest absolute Gasteiger partial charge is 0.441 e. The van der Waals surface area contributed by atoms with Crippen molar-refractivity contribution in [2.24, 2.45) is 17.2 Å². The second-order valence-corrected chi connectivity index (χ2v) is 8.51. The van der Waals surface area contributed by atoms with Gasteiger partial charge in [0, 0.05) is 0 Å². The fourth-order valence-electron chi connectivity index (χ4n) is 1.25. The molecule has 1 aromatic carbocycles. The van der Waals surface area contributed by atoms with Gasteiger partial charge in [-0.15, -0.1) is 4.55 Å². The molecular formula is C6H16N9OP3. The van der Waals surface area contributed by atoms with Crippen molar-refractivity contribution in [3.8, 4) is 5.75 Å². The normalized spacial score (nSPS) is 26.7. The monoisotopic (exact) mass is 323 g/mol. The van der Waals surface area contributed by atoms with Gasteiger partial charge in [0.2, 0.25) is 0 Å². The Bertz CT molecular complexity index is 476. The molecule has 1 aliphatic heterocycles. The SMILES string of the molecule is Nc1ccc(OP2NPN(N)P(N)N2N)c(N)c1N. The number of nitrogens with one attached hydrogen (secondary N) is 1. The average Bonchev–Trinajstić information content (AvgIpc) is 2.39. The van der Waals surface area contributed by atoms with Crippen LogP contribution in [0.15, 0.2) is 12.1 Å². The van der Waals surface area contributed by atoms with Gasteiger partial charge >= 0.3 is 0 Å². The summed E-state index contributed by atoms with van der Waals surface area (Å²) < 4.78 is 8.49. The second kappa shape index (κ2) is 5.85. The third-order valence-electron chi connectivity index (χ3n) is 2.34. The van der Waals surface area contributed by atoms with Crippen LogP contribution in [0.5, 0.6) is 5.75 Å². The Kier molecular flexibility index (Phi) is 4.58. The molecule has 13 N–H and O–H groups in total. The zero-order chi connectivity index (χ0) is 14.2. The molecule has 10 nitrogen and oxygen atoms in total. The van der Waals surface area contributed by atoms with Crippen molar-refractivity contribution in [3.05, 3.63) is 12.1 Å². The first-order valence-electron chi connectivity index (χ1n) is 4.99. The molecule has 0 aromatic heterocycles. The Hall–Kier alpha value is -0.530. The highest BCUT2D eigenvalue weighted by atomic mass is 31.3. The Morgan fingerprint density at radius 1 is 1.16 bits per heavy atom. The van der Waals surface area contributed by atoms with Gasteiger partial charge in [0.05, 0.1) is 20.3 Å². The Balaban J connectivity index is 2.16. The number of hydrazine groups is 2. The maximum atomic E-state index is 5.85. The summed E-state index contributed by atoms with van der Waals surface area (Å²) in [6.07, 6.45) is 0. The number of benzene rings is 1. The molecule has 1 aromatic rings. The van der Waals surface area contributed by atoms with Crippen LogP contribution in [0.3, 0.4) is 0 Å². The van der Waals surface area contributed by atoms with E-state index in [1.54, 1.807) is 12.1 Å². The molecule has 0 aliphatic carbocycles. The van der Waals surface area contributed by atoms with Gasteiger partial charge in [0.15, 0.2) is 14.1 Å². The summed E-state index contributed by atoms with van der Waals surface area (Å²) in [6.45, 7) is 0. The molecule has 1 heterocycles. The van der Waals surface area contributed by atoms with E-state index in [0.717, 1.165) is 0 Å². The molecule has 0 bridgehead atoms. The van der Waals surface area contributed by atoms with Crippen LogP contribution in [-0.2, 0) is 0 Å². The van der Waals surface area contributed by atoms with E-state index in [1.165, 1.54) is 9.10 Å². The minimum absolute atomic E-state index is 0.116. The summed E-state index contributed by atoms with van der Waals surface area (Å²) in [6, 6.07) is 3.25. The van der Waals surface area contributed by atoms with Gasteiger partial charge in [-0.1, -0.05) is 0 Å². The van der Waals surface area contributed by atoms with E-state index in [2.05, 4.69) is 4.86 Å². The van der Waals surface area contributed by atoms with Crippen molar-refractivity contribution in [2.75, 3.05) is 17.2 Å². The van der Waals surface area contributed by atoms with E-state index < -0.39 is 16.8 Å². The zero-order valence-corrected chi connectivity index (χ0v) is 12.6. The molecular weight excluding hydrogens is 307 g/mol. The molecule has 1 fully saturated rings. The fourth-order valence-corrected chi connectivity index (χ4v) is 5.98. The second-order valence-electron chi connectivity index (χ2n) is 3.55. The van der Waals surface area contributed by atoms with Gasteiger partial charge < -0.3 is 21.7 Å². The van der Waals surface area contributed by atoms with Gasteiger partial charge in [-0.05, 0) is 12.1 Å². The highest BCUT2D eigenvalue weighted by Gasteiger charge is 2.34. The molecule has 3 atom stereocenters. The number of hydrogen-bond donors (Lipinski definition) is 7. The van der Waals surface area contributed by atoms with Crippen molar-refractivity contribution >= 4 is 42.8 Å². The lowest BCUT2D eigenvalue weighted by Crippen LogP contribution is -2.41. The number of hydrogen-bond acceptors (Lipinski definition) is 10. The number of anilines is 3. The van der Waals surface area contributed by atoms with E-state index in [-0.39, 0.29) is 20.3 Å². The predicted molar refractivity (Wildman–Crippen MR) is 81.8 cm³/mol. The summed E-state index contributed by atoms with van der Waals surface area (Å²) in [7, 11) is -2.51. The molecule has 19 heavy (non-hydrogen) atoms. The highest BCUT2D eigenvalue weighted by Crippen LogP contribution is 2.58. The van der Waals surface area contributed by atoms with E-state index in [4.69, 9.17) is 38.9 Å². The number of nitrogens with zero attached hydrogens (tertiary/aromatic N) is 2. The van der Waals surface area contributed by atoms with Crippen LogP contribution in [0.1, 0.15) is 0 Å². The molecule has 0 radical (unpaired) electrons. The lowest BCUT2D eigenvalue weighted by atomic mass is 10.2. The zero-order valence-electron chi connectivity index (χ0n) is 9.82. The Morgan fingerprint density at radius 2 is 1.84 bits per heavy atom. The van der Waals surface area contributed by atoms with Crippen LogP contribution >= 0.6 is 25.7 Å². The van der Waals surface area contributed by atoms with Crippen LogP contribution < -0.4 is 43.8 Å². The molecule has 0 amide bonds. The Morgan fingerprint density at radius 3 is 2.53 bits per heavy atom. The summed E-state index contributed by atoms with van der Waals surface area (Å²) in [5.74, 6) is 11.9. The molecule has 106 valence electrons. The molecule has 1 saturated heterocycles. The average molecular weight is 323 g/mol. The predicted octanol–water partition coefficient (Wildman–Crippen LogP) is -0.312. The minimum Gasteiger partial charge on any atom is -0.441 e. The molecule has 3 unspecified atom stereocenters. The van der Waals surface area contributed by atoms with Gasteiger partial charge in [-0.2, -0.15) is 4.55 Å². The minimum atomic E-state index is -1.33. The van der Waals surface area contributed by atoms with Crippen LogP contribution in [0.25, 0.3) is 0 Å². The van der Waals surface area contributed by atoms with Crippen LogP contribution in [0, 0.1) is 0 Å². The van der Waals surface area contributed by atoms with Crippen molar-refractivity contribution in [1.29, 1.82) is 0 Å². The first-order chi connectivity index (χ1) is 8.91. The smallest absolute Gasteiger partial charge is 0.270 e. The third-order valence-corrected chi connectivity index (χ3v) is 7.29. The lowest BCUT2D eigenvalue weighted by Gasteiger charge is -2.39. The van der Waals surface area contributed by atoms with Crippen molar-refractivity contribution in [3.63, 3.8) is 0 Å². The Labute approximate surface area is 114 Å².